The van der Waals surface area contributed by atoms with Crippen LogP contribution in [-0.2, 0) is 9.53 Å². The second-order valence-electron chi connectivity index (χ2n) is 5.96. The third-order valence-electron chi connectivity index (χ3n) is 3.53. The molecule has 1 aliphatic heterocycles. The van der Waals surface area contributed by atoms with E-state index in [2.05, 4.69) is 5.32 Å². The van der Waals surface area contributed by atoms with Crippen molar-refractivity contribution in [1.29, 1.82) is 0 Å². The number of aliphatic carboxylic acids is 1. The summed E-state index contributed by atoms with van der Waals surface area (Å²) in [6, 6.07) is -1.40. The predicted molar refractivity (Wildman–Crippen MR) is 72.4 cm³/mol. The average molecular weight is 288 g/mol. The fraction of sp³-hybridized carbons (Fsp3) is 0.846. The third-order valence-corrected chi connectivity index (χ3v) is 3.53. The summed E-state index contributed by atoms with van der Waals surface area (Å²) < 4.78 is 5.01. The van der Waals surface area contributed by atoms with Gasteiger partial charge in [-0.1, -0.05) is 13.8 Å². The fourth-order valence-corrected chi connectivity index (χ4v) is 2.16. The topological polar surface area (TPSA) is 99.1 Å². The second-order valence-corrected chi connectivity index (χ2v) is 5.96. The Labute approximate surface area is 118 Å². The highest BCUT2D eigenvalue weighted by molar-refractivity contribution is 5.83. The van der Waals surface area contributed by atoms with Gasteiger partial charge >= 0.3 is 12.0 Å². The number of urea groups is 1. The number of hydrogen-bond donors (Lipinski definition) is 3. The number of β-amino-alcohol motifs (C(OH)–C–C–N with tert-alkyl or cyclic N) is 1. The van der Waals surface area contributed by atoms with Crippen molar-refractivity contribution in [2.75, 3.05) is 26.8 Å². The number of carboxylic acids is 1. The summed E-state index contributed by atoms with van der Waals surface area (Å²) >= 11 is 0. The standard InChI is InChI=1S/C13H24N2O5/c1-13(2,4-5-20-3)8-14-12(19)15-7-9(16)6-10(15)11(17)18/h9-10,16H,4-8H2,1-3H3,(H,14,19)(H,17,18)/t9?,10-/m0/s1. The van der Waals surface area contributed by atoms with Gasteiger partial charge in [-0.05, 0) is 11.8 Å². The number of carboxylic acid groups (broad SMARTS) is 1. The number of carbonyl (C=O) groups excluding carboxylic acids is 1. The van der Waals surface area contributed by atoms with E-state index in [1.165, 1.54) is 4.90 Å². The minimum atomic E-state index is -1.09. The van der Waals surface area contributed by atoms with E-state index in [9.17, 15) is 14.7 Å². The lowest BCUT2D eigenvalue weighted by molar-refractivity contribution is -0.141. The van der Waals surface area contributed by atoms with Gasteiger partial charge in [0.1, 0.15) is 6.04 Å². The van der Waals surface area contributed by atoms with Crippen LogP contribution in [0.25, 0.3) is 0 Å². The Morgan fingerprint density at radius 2 is 2.10 bits per heavy atom. The normalized spacial score (nSPS) is 22.9. The number of nitrogens with zero attached hydrogens (tertiary/aromatic N) is 1. The van der Waals surface area contributed by atoms with Crippen molar-refractivity contribution in [2.24, 2.45) is 5.41 Å². The maximum atomic E-state index is 12.0. The number of rotatable bonds is 6. The molecule has 0 spiro atoms. The molecule has 0 aromatic carbocycles. The van der Waals surface area contributed by atoms with Crippen molar-refractivity contribution in [1.82, 2.24) is 10.2 Å². The lowest BCUT2D eigenvalue weighted by Gasteiger charge is -2.27. The molecule has 0 bridgehead atoms. The molecule has 116 valence electrons. The number of carbonyl (C=O) groups is 2. The van der Waals surface area contributed by atoms with Crippen LogP contribution in [-0.4, -0.2) is 66.1 Å². The Balaban J connectivity index is 2.51. The number of amides is 2. The number of methoxy groups -OCH3 is 1. The van der Waals surface area contributed by atoms with Crippen LogP contribution in [0.5, 0.6) is 0 Å². The Hall–Kier alpha value is -1.34. The molecule has 0 aromatic heterocycles. The molecule has 7 heteroatoms. The Morgan fingerprint density at radius 1 is 1.45 bits per heavy atom. The summed E-state index contributed by atoms with van der Waals surface area (Å²) in [5, 5.41) is 21.3. The van der Waals surface area contributed by atoms with Gasteiger partial charge in [0.15, 0.2) is 0 Å². The van der Waals surface area contributed by atoms with Crippen LogP contribution in [0.1, 0.15) is 26.7 Å². The number of hydrogen-bond acceptors (Lipinski definition) is 4. The maximum absolute atomic E-state index is 12.0. The minimum absolute atomic E-state index is 0.0568. The van der Waals surface area contributed by atoms with Gasteiger partial charge in [-0.25, -0.2) is 9.59 Å². The molecule has 7 nitrogen and oxygen atoms in total. The first kappa shape index (κ1) is 16.7. The first-order valence-corrected chi connectivity index (χ1v) is 6.71. The molecule has 1 saturated heterocycles. The molecule has 2 amide bonds. The Bertz CT molecular complexity index is 359. The van der Waals surface area contributed by atoms with Gasteiger partial charge in [0.25, 0.3) is 0 Å². The van der Waals surface area contributed by atoms with E-state index < -0.39 is 24.1 Å². The highest BCUT2D eigenvalue weighted by Crippen LogP contribution is 2.21. The number of likely N-dealkylation sites (tertiary alicyclic amines) is 1. The van der Waals surface area contributed by atoms with Gasteiger partial charge in [-0.2, -0.15) is 0 Å². The predicted octanol–water partition coefficient (Wildman–Crippen LogP) is 0.279. The van der Waals surface area contributed by atoms with E-state index in [0.717, 1.165) is 6.42 Å². The van der Waals surface area contributed by atoms with E-state index in [-0.39, 0.29) is 18.4 Å². The fourth-order valence-electron chi connectivity index (χ4n) is 2.16. The van der Waals surface area contributed by atoms with Gasteiger partial charge in [-0.15, -0.1) is 0 Å². The summed E-state index contributed by atoms with van der Waals surface area (Å²) in [7, 11) is 1.62. The van der Waals surface area contributed by atoms with E-state index in [0.29, 0.717) is 13.2 Å². The van der Waals surface area contributed by atoms with E-state index in [4.69, 9.17) is 9.84 Å². The van der Waals surface area contributed by atoms with Gasteiger partial charge < -0.3 is 25.2 Å². The van der Waals surface area contributed by atoms with Crippen molar-refractivity contribution >= 4 is 12.0 Å². The highest BCUT2D eigenvalue weighted by atomic mass is 16.5. The maximum Gasteiger partial charge on any atom is 0.326 e. The quantitative estimate of drug-likeness (QED) is 0.652. The van der Waals surface area contributed by atoms with Gasteiger partial charge in [0, 0.05) is 33.2 Å². The van der Waals surface area contributed by atoms with Gasteiger partial charge in [-0.3, -0.25) is 0 Å². The van der Waals surface area contributed by atoms with Crippen molar-refractivity contribution in [3.8, 4) is 0 Å². The third kappa shape index (κ3) is 4.64. The van der Waals surface area contributed by atoms with Gasteiger partial charge in [0.05, 0.1) is 6.10 Å². The van der Waals surface area contributed by atoms with Gasteiger partial charge in [0.2, 0.25) is 0 Å². The van der Waals surface area contributed by atoms with E-state index >= 15 is 0 Å². The minimum Gasteiger partial charge on any atom is -0.480 e. The Kier molecular flexibility index (Phi) is 5.76. The number of nitrogens with one attached hydrogen (secondary N) is 1. The van der Waals surface area contributed by atoms with Crippen LogP contribution in [0.15, 0.2) is 0 Å². The summed E-state index contributed by atoms with van der Waals surface area (Å²) in [5.41, 5.74) is -0.136. The molecule has 1 fully saturated rings. The zero-order chi connectivity index (χ0) is 15.3. The first-order valence-electron chi connectivity index (χ1n) is 6.71. The highest BCUT2D eigenvalue weighted by Gasteiger charge is 2.39. The molecule has 1 heterocycles. The van der Waals surface area contributed by atoms with Crippen molar-refractivity contribution < 1.29 is 24.5 Å². The molecule has 0 aliphatic carbocycles. The van der Waals surface area contributed by atoms with Crippen LogP contribution in [0.3, 0.4) is 0 Å². The van der Waals surface area contributed by atoms with Crippen LogP contribution >= 0.6 is 0 Å². The number of aliphatic hydroxyl groups excluding tert-OH is 1. The summed E-state index contributed by atoms with van der Waals surface area (Å²) in [6.07, 6.45) is 0.0910. The molecule has 1 rings (SSSR count). The largest absolute Gasteiger partial charge is 0.480 e. The number of aliphatic hydroxyl groups is 1. The van der Waals surface area contributed by atoms with Crippen LogP contribution in [0, 0.1) is 5.41 Å². The lowest BCUT2D eigenvalue weighted by atomic mass is 9.90. The number of ether oxygens (including phenoxy) is 1. The van der Waals surface area contributed by atoms with Crippen molar-refractivity contribution in [3.63, 3.8) is 0 Å². The molecular formula is C13H24N2O5. The molecule has 1 aliphatic rings. The van der Waals surface area contributed by atoms with Crippen LogP contribution < -0.4 is 5.32 Å². The first-order chi connectivity index (χ1) is 9.26. The molecule has 0 saturated carbocycles. The molecule has 0 radical (unpaired) electrons. The summed E-state index contributed by atoms with van der Waals surface area (Å²) in [4.78, 5) is 24.3. The van der Waals surface area contributed by atoms with Crippen molar-refractivity contribution in [3.05, 3.63) is 0 Å². The zero-order valence-corrected chi connectivity index (χ0v) is 12.3. The van der Waals surface area contributed by atoms with Crippen molar-refractivity contribution in [2.45, 2.75) is 38.8 Å². The molecule has 1 unspecified atom stereocenters. The van der Waals surface area contributed by atoms with Crippen LogP contribution in [0.4, 0.5) is 4.79 Å². The molecule has 3 N–H and O–H groups in total. The second kappa shape index (κ2) is 6.90. The van der Waals surface area contributed by atoms with Crippen LogP contribution in [0.2, 0.25) is 0 Å². The van der Waals surface area contributed by atoms with E-state index in [1.54, 1.807) is 7.11 Å². The Morgan fingerprint density at radius 3 is 2.65 bits per heavy atom. The SMILES string of the molecule is COCCC(C)(C)CNC(=O)N1CC(O)C[C@H]1C(=O)O. The molecule has 0 aromatic rings. The summed E-state index contributed by atoms with van der Waals surface area (Å²) in [6.45, 7) is 5.08. The van der Waals surface area contributed by atoms with E-state index in [1.807, 2.05) is 13.8 Å². The average Bonchev–Trinajstić information content (AvgIpc) is 2.76. The molecular weight excluding hydrogens is 264 g/mol. The lowest BCUT2D eigenvalue weighted by Crippen LogP contribution is -2.48. The monoisotopic (exact) mass is 288 g/mol. The smallest absolute Gasteiger partial charge is 0.326 e. The summed E-state index contributed by atoms with van der Waals surface area (Å²) in [5.74, 6) is -1.09. The zero-order valence-electron chi connectivity index (χ0n) is 12.3. The molecule has 2 atom stereocenters. The molecule has 20 heavy (non-hydrogen) atoms.